The predicted octanol–water partition coefficient (Wildman–Crippen LogP) is -0.572. The lowest BCUT2D eigenvalue weighted by molar-refractivity contribution is -0.104. The molecule has 2 aliphatic rings. The van der Waals surface area contributed by atoms with Crippen LogP contribution < -0.4 is 5.32 Å². The predicted molar refractivity (Wildman–Crippen MR) is 54.2 cm³/mol. The molecule has 2 rings (SSSR count). The SMILES string of the molecule is CC(C)OC1CN([C@@H]2CNC[C@H]2O)C1. The second-order valence-corrected chi connectivity index (χ2v) is 4.55. The summed E-state index contributed by atoms with van der Waals surface area (Å²) in [6, 6.07) is 0.307. The van der Waals surface area contributed by atoms with E-state index < -0.39 is 0 Å². The highest BCUT2D eigenvalue weighted by Crippen LogP contribution is 2.20. The molecule has 14 heavy (non-hydrogen) atoms. The minimum absolute atomic E-state index is 0.199. The van der Waals surface area contributed by atoms with Gasteiger partial charge in [-0.2, -0.15) is 0 Å². The van der Waals surface area contributed by atoms with Crippen molar-refractivity contribution < 1.29 is 9.84 Å². The summed E-state index contributed by atoms with van der Waals surface area (Å²) in [5.41, 5.74) is 0. The van der Waals surface area contributed by atoms with E-state index in [1.54, 1.807) is 0 Å². The van der Waals surface area contributed by atoms with Crippen LogP contribution in [0.5, 0.6) is 0 Å². The largest absolute Gasteiger partial charge is 0.390 e. The first-order chi connectivity index (χ1) is 6.66. The van der Waals surface area contributed by atoms with Gasteiger partial charge in [0.15, 0.2) is 0 Å². The molecule has 2 aliphatic heterocycles. The first kappa shape index (κ1) is 10.4. The molecule has 0 bridgehead atoms. The average Bonchev–Trinajstić information content (AvgIpc) is 2.42. The summed E-state index contributed by atoms with van der Waals surface area (Å²) in [7, 11) is 0. The summed E-state index contributed by atoms with van der Waals surface area (Å²) in [6.07, 6.45) is 0.492. The van der Waals surface area contributed by atoms with Crippen molar-refractivity contribution in [3.05, 3.63) is 0 Å². The quantitative estimate of drug-likeness (QED) is 0.640. The van der Waals surface area contributed by atoms with Gasteiger partial charge in [-0.25, -0.2) is 0 Å². The van der Waals surface area contributed by atoms with Crippen molar-refractivity contribution in [2.45, 2.75) is 38.2 Å². The zero-order valence-corrected chi connectivity index (χ0v) is 8.94. The van der Waals surface area contributed by atoms with E-state index in [4.69, 9.17) is 4.74 Å². The molecule has 2 heterocycles. The van der Waals surface area contributed by atoms with Crippen molar-refractivity contribution in [2.24, 2.45) is 0 Å². The Labute approximate surface area is 85.2 Å². The van der Waals surface area contributed by atoms with Crippen LogP contribution in [0.15, 0.2) is 0 Å². The van der Waals surface area contributed by atoms with Crippen LogP contribution in [0, 0.1) is 0 Å². The molecule has 82 valence electrons. The molecule has 4 heteroatoms. The molecule has 2 saturated heterocycles. The fraction of sp³-hybridized carbons (Fsp3) is 1.00. The lowest BCUT2D eigenvalue weighted by atomic mass is 10.1. The number of likely N-dealkylation sites (tertiary alicyclic amines) is 1. The number of nitrogens with one attached hydrogen (secondary N) is 1. The Morgan fingerprint density at radius 1 is 1.36 bits per heavy atom. The second kappa shape index (κ2) is 4.14. The molecule has 0 saturated carbocycles. The summed E-state index contributed by atoms with van der Waals surface area (Å²) in [6.45, 7) is 7.72. The van der Waals surface area contributed by atoms with Crippen molar-refractivity contribution in [3.8, 4) is 0 Å². The first-order valence-corrected chi connectivity index (χ1v) is 5.45. The number of ether oxygens (including phenoxy) is 1. The standard InChI is InChI=1S/C10H20N2O2/c1-7(2)14-8-5-12(6-8)9-3-11-4-10(9)13/h7-11,13H,3-6H2,1-2H3/t9-,10-/m1/s1. The smallest absolute Gasteiger partial charge is 0.0832 e. The van der Waals surface area contributed by atoms with Gasteiger partial charge in [-0.1, -0.05) is 0 Å². The maximum atomic E-state index is 9.65. The summed E-state index contributed by atoms with van der Waals surface area (Å²) in [4.78, 5) is 2.30. The maximum Gasteiger partial charge on any atom is 0.0832 e. The van der Waals surface area contributed by atoms with Crippen molar-refractivity contribution in [1.82, 2.24) is 10.2 Å². The highest BCUT2D eigenvalue weighted by Gasteiger charge is 2.38. The Morgan fingerprint density at radius 2 is 2.07 bits per heavy atom. The van der Waals surface area contributed by atoms with Crippen molar-refractivity contribution in [2.75, 3.05) is 26.2 Å². The molecule has 2 fully saturated rings. The molecule has 0 spiro atoms. The molecule has 0 unspecified atom stereocenters. The fourth-order valence-electron chi connectivity index (χ4n) is 2.24. The Morgan fingerprint density at radius 3 is 2.57 bits per heavy atom. The number of aliphatic hydroxyl groups is 1. The van der Waals surface area contributed by atoms with Crippen molar-refractivity contribution in [1.29, 1.82) is 0 Å². The molecule has 0 amide bonds. The van der Waals surface area contributed by atoms with Crippen LogP contribution in [0.25, 0.3) is 0 Å². The van der Waals surface area contributed by atoms with Gasteiger partial charge in [0.25, 0.3) is 0 Å². The molecular weight excluding hydrogens is 180 g/mol. The van der Waals surface area contributed by atoms with E-state index in [-0.39, 0.29) is 6.10 Å². The molecule has 2 N–H and O–H groups in total. The Bertz CT molecular complexity index is 193. The Kier molecular flexibility index (Phi) is 3.07. The van der Waals surface area contributed by atoms with Gasteiger partial charge in [-0.05, 0) is 13.8 Å². The summed E-state index contributed by atoms with van der Waals surface area (Å²) >= 11 is 0. The maximum absolute atomic E-state index is 9.65. The molecule has 0 aromatic rings. The Balaban J connectivity index is 1.72. The van der Waals surface area contributed by atoms with Gasteiger partial charge < -0.3 is 15.2 Å². The molecule has 0 aliphatic carbocycles. The van der Waals surface area contributed by atoms with Gasteiger partial charge in [0, 0.05) is 32.2 Å². The molecule has 4 nitrogen and oxygen atoms in total. The van der Waals surface area contributed by atoms with Crippen LogP contribution in [0.1, 0.15) is 13.8 Å². The number of hydrogen-bond donors (Lipinski definition) is 2. The van der Waals surface area contributed by atoms with Crippen LogP contribution in [0.2, 0.25) is 0 Å². The van der Waals surface area contributed by atoms with E-state index in [0.717, 1.165) is 26.2 Å². The van der Waals surface area contributed by atoms with Crippen LogP contribution in [-0.4, -0.2) is 60.5 Å². The third-order valence-electron chi connectivity index (χ3n) is 2.96. The van der Waals surface area contributed by atoms with Gasteiger partial charge in [0.05, 0.1) is 18.3 Å². The zero-order chi connectivity index (χ0) is 10.1. The van der Waals surface area contributed by atoms with Gasteiger partial charge >= 0.3 is 0 Å². The van der Waals surface area contributed by atoms with E-state index >= 15 is 0 Å². The monoisotopic (exact) mass is 200 g/mol. The van der Waals surface area contributed by atoms with E-state index in [0.29, 0.717) is 18.2 Å². The number of β-amino-alcohol motifs (C(OH)–C–C–N with tert-alkyl or cyclic N) is 1. The zero-order valence-electron chi connectivity index (χ0n) is 8.94. The number of hydrogen-bond acceptors (Lipinski definition) is 4. The normalized spacial score (nSPS) is 35.1. The summed E-state index contributed by atoms with van der Waals surface area (Å²) in [5.74, 6) is 0. The van der Waals surface area contributed by atoms with E-state index in [2.05, 4.69) is 24.1 Å². The number of aliphatic hydroxyl groups excluding tert-OH is 1. The average molecular weight is 200 g/mol. The van der Waals surface area contributed by atoms with Crippen LogP contribution >= 0.6 is 0 Å². The molecule has 0 aromatic heterocycles. The minimum Gasteiger partial charge on any atom is -0.390 e. The molecular formula is C10H20N2O2. The lowest BCUT2D eigenvalue weighted by Gasteiger charge is -2.44. The lowest BCUT2D eigenvalue weighted by Crippen LogP contribution is -2.60. The van der Waals surface area contributed by atoms with Gasteiger partial charge in [0.2, 0.25) is 0 Å². The molecule has 2 atom stereocenters. The number of nitrogens with zero attached hydrogens (tertiary/aromatic N) is 1. The summed E-state index contributed by atoms with van der Waals surface area (Å²) in [5, 5.41) is 12.8. The molecule has 0 radical (unpaired) electrons. The topological polar surface area (TPSA) is 44.7 Å². The van der Waals surface area contributed by atoms with Crippen LogP contribution in [0.3, 0.4) is 0 Å². The van der Waals surface area contributed by atoms with Crippen molar-refractivity contribution in [3.63, 3.8) is 0 Å². The van der Waals surface area contributed by atoms with Gasteiger partial charge in [-0.3, -0.25) is 4.90 Å². The highest BCUT2D eigenvalue weighted by atomic mass is 16.5. The van der Waals surface area contributed by atoms with Crippen molar-refractivity contribution >= 4 is 0 Å². The minimum atomic E-state index is -0.199. The van der Waals surface area contributed by atoms with E-state index in [9.17, 15) is 5.11 Å². The second-order valence-electron chi connectivity index (χ2n) is 4.55. The number of rotatable bonds is 3. The highest BCUT2D eigenvalue weighted by molar-refractivity contribution is 4.95. The summed E-state index contributed by atoms with van der Waals surface area (Å²) < 4.78 is 5.67. The third kappa shape index (κ3) is 2.08. The fourth-order valence-corrected chi connectivity index (χ4v) is 2.24. The molecule has 0 aromatic carbocycles. The van der Waals surface area contributed by atoms with E-state index in [1.165, 1.54) is 0 Å². The van der Waals surface area contributed by atoms with Gasteiger partial charge in [0.1, 0.15) is 0 Å². The van der Waals surface area contributed by atoms with Crippen LogP contribution in [0.4, 0.5) is 0 Å². The first-order valence-electron chi connectivity index (χ1n) is 5.45. The Hall–Kier alpha value is -0.160. The van der Waals surface area contributed by atoms with Crippen LogP contribution in [-0.2, 0) is 4.74 Å². The third-order valence-corrected chi connectivity index (χ3v) is 2.96. The van der Waals surface area contributed by atoms with E-state index in [1.807, 2.05) is 0 Å². The van der Waals surface area contributed by atoms with Gasteiger partial charge in [-0.15, -0.1) is 0 Å².